The molecule has 2 atom stereocenters. The monoisotopic (exact) mass is 290 g/mol. The number of rotatable bonds is 4. The molecule has 1 heterocycles. The van der Waals surface area contributed by atoms with Crippen LogP contribution in [0.15, 0.2) is 18.2 Å². The van der Waals surface area contributed by atoms with Gasteiger partial charge in [0.2, 0.25) is 5.91 Å². The Morgan fingerprint density at radius 2 is 2.00 bits per heavy atom. The summed E-state index contributed by atoms with van der Waals surface area (Å²) in [5.41, 5.74) is 2.12. The van der Waals surface area contributed by atoms with Crippen molar-refractivity contribution >= 4 is 23.5 Å². The average molecular weight is 290 g/mol. The van der Waals surface area contributed by atoms with Gasteiger partial charge in [0.25, 0.3) is 5.91 Å². The Hall–Kier alpha value is -2.37. The molecule has 0 radical (unpaired) electrons. The van der Waals surface area contributed by atoms with Gasteiger partial charge in [0.1, 0.15) is 0 Å². The number of carbonyl (C=O) groups is 3. The van der Waals surface area contributed by atoms with Crippen LogP contribution in [0.5, 0.6) is 0 Å². The molecule has 1 aliphatic heterocycles. The summed E-state index contributed by atoms with van der Waals surface area (Å²) in [6.45, 7) is 3.21. The molecule has 0 aromatic heterocycles. The lowest BCUT2D eigenvalue weighted by Crippen LogP contribution is -2.40. The van der Waals surface area contributed by atoms with Crippen LogP contribution in [0.25, 0.3) is 0 Å². The third-order valence-corrected chi connectivity index (χ3v) is 3.76. The van der Waals surface area contributed by atoms with Gasteiger partial charge in [0, 0.05) is 23.7 Å². The molecule has 0 spiro atoms. The van der Waals surface area contributed by atoms with Crippen LogP contribution in [0.3, 0.4) is 0 Å². The molecule has 0 aliphatic carbocycles. The topological polar surface area (TPSA) is 95.5 Å². The van der Waals surface area contributed by atoms with E-state index in [1.54, 1.807) is 32.0 Å². The summed E-state index contributed by atoms with van der Waals surface area (Å²) in [5, 5.41) is 14.4. The normalized spacial score (nSPS) is 16.4. The first kappa shape index (κ1) is 15.0. The van der Waals surface area contributed by atoms with Gasteiger partial charge in [0.05, 0.1) is 5.92 Å². The molecule has 2 unspecified atom stereocenters. The fourth-order valence-corrected chi connectivity index (χ4v) is 2.15. The van der Waals surface area contributed by atoms with E-state index in [4.69, 9.17) is 5.11 Å². The van der Waals surface area contributed by atoms with Crippen LogP contribution >= 0.6 is 0 Å². The molecule has 1 aliphatic rings. The van der Waals surface area contributed by atoms with E-state index in [0.717, 1.165) is 11.3 Å². The quantitative estimate of drug-likeness (QED) is 0.781. The van der Waals surface area contributed by atoms with Crippen LogP contribution < -0.4 is 10.6 Å². The highest BCUT2D eigenvalue weighted by atomic mass is 16.4. The maximum atomic E-state index is 12.1. The molecular weight excluding hydrogens is 272 g/mol. The first-order valence-electron chi connectivity index (χ1n) is 6.85. The summed E-state index contributed by atoms with van der Waals surface area (Å²) in [6.07, 6.45) is 1.01. The predicted molar refractivity (Wildman–Crippen MR) is 77.1 cm³/mol. The first-order valence-corrected chi connectivity index (χ1v) is 6.85. The third kappa shape index (κ3) is 3.39. The maximum absolute atomic E-state index is 12.1. The van der Waals surface area contributed by atoms with Crippen LogP contribution in [0.4, 0.5) is 5.69 Å². The van der Waals surface area contributed by atoms with Gasteiger partial charge in [-0.1, -0.05) is 0 Å². The summed E-state index contributed by atoms with van der Waals surface area (Å²) in [7, 11) is 0. The van der Waals surface area contributed by atoms with Gasteiger partial charge in [0.15, 0.2) is 0 Å². The van der Waals surface area contributed by atoms with Crippen molar-refractivity contribution in [2.45, 2.75) is 32.7 Å². The number of carboxylic acids is 1. The molecule has 2 amide bonds. The van der Waals surface area contributed by atoms with E-state index in [-0.39, 0.29) is 11.8 Å². The van der Waals surface area contributed by atoms with Crippen LogP contribution in [-0.2, 0) is 16.0 Å². The number of fused-ring (bicyclic) bond motifs is 1. The Morgan fingerprint density at radius 1 is 1.29 bits per heavy atom. The lowest BCUT2D eigenvalue weighted by Gasteiger charge is -2.20. The van der Waals surface area contributed by atoms with E-state index in [1.807, 2.05) is 0 Å². The molecule has 1 aromatic rings. The minimum atomic E-state index is -0.948. The number of amides is 2. The highest BCUT2D eigenvalue weighted by Gasteiger charge is 2.22. The zero-order chi connectivity index (χ0) is 15.6. The summed E-state index contributed by atoms with van der Waals surface area (Å²) < 4.78 is 0. The Bertz CT molecular complexity index is 597. The van der Waals surface area contributed by atoms with Crippen LogP contribution in [0.1, 0.15) is 36.2 Å². The number of carbonyl (C=O) groups excluding carboxylic acids is 2. The van der Waals surface area contributed by atoms with E-state index in [9.17, 15) is 14.4 Å². The fraction of sp³-hybridized carbons (Fsp3) is 0.400. The minimum Gasteiger partial charge on any atom is -0.481 e. The van der Waals surface area contributed by atoms with Gasteiger partial charge in [-0.15, -0.1) is 0 Å². The lowest BCUT2D eigenvalue weighted by molar-refractivity contribution is -0.141. The molecule has 1 aromatic carbocycles. The molecule has 0 bridgehead atoms. The molecule has 6 nitrogen and oxygen atoms in total. The Morgan fingerprint density at radius 3 is 2.67 bits per heavy atom. The number of hydrogen-bond acceptors (Lipinski definition) is 3. The largest absolute Gasteiger partial charge is 0.481 e. The van der Waals surface area contributed by atoms with E-state index in [0.29, 0.717) is 18.4 Å². The number of nitrogens with one attached hydrogen (secondary N) is 2. The van der Waals surface area contributed by atoms with E-state index < -0.39 is 17.9 Å². The molecule has 0 saturated heterocycles. The molecular formula is C15H18N2O4. The smallest absolute Gasteiger partial charge is 0.308 e. The van der Waals surface area contributed by atoms with Gasteiger partial charge in [-0.3, -0.25) is 14.4 Å². The lowest BCUT2D eigenvalue weighted by atomic mass is 9.99. The molecule has 6 heteroatoms. The molecule has 2 rings (SSSR count). The highest BCUT2D eigenvalue weighted by molar-refractivity contribution is 5.98. The van der Waals surface area contributed by atoms with Gasteiger partial charge in [-0.25, -0.2) is 0 Å². The fourth-order valence-electron chi connectivity index (χ4n) is 2.15. The summed E-state index contributed by atoms with van der Waals surface area (Å²) in [6, 6.07) is 4.60. The van der Waals surface area contributed by atoms with Crippen LogP contribution in [-0.4, -0.2) is 28.9 Å². The zero-order valence-electron chi connectivity index (χ0n) is 12.0. The SMILES string of the molecule is CC(NC(=O)c1ccc2c(c1)CCC(=O)N2)C(C)C(=O)O. The van der Waals surface area contributed by atoms with E-state index in [2.05, 4.69) is 10.6 Å². The zero-order valence-corrected chi connectivity index (χ0v) is 12.0. The minimum absolute atomic E-state index is 0.0244. The first-order chi connectivity index (χ1) is 9.88. The average Bonchev–Trinajstić information content (AvgIpc) is 2.45. The maximum Gasteiger partial charge on any atom is 0.308 e. The van der Waals surface area contributed by atoms with Gasteiger partial charge < -0.3 is 15.7 Å². The van der Waals surface area contributed by atoms with E-state index >= 15 is 0 Å². The van der Waals surface area contributed by atoms with Crippen molar-refractivity contribution in [3.8, 4) is 0 Å². The molecule has 21 heavy (non-hydrogen) atoms. The summed E-state index contributed by atoms with van der Waals surface area (Å²) >= 11 is 0. The van der Waals surface area contributed by atoms with Crippen molar-refractivity contribution in [1.82, 2.24) is 5.32 Å². The van der Waals surface area contributed by atoms with Gasteiger partial charge in [-0.2, -0.15) is 0 Å². The van der Waals surface area contributed by atoms with Gasteiger partial charge >= 0.3 is 5.97 Å². The van der Waals surface area contributed by atoms with Crippen molar-refractivity contribution in [1.29, 1.82) is 0 Å². The third-order valence-electron chi connectivity index (χ3n) is 3.76. The van der Waals surface area contributed by atoms with Crippen LogP contribution in [0.2, 0.25) is 0 Å². The predicted octanol–water partition coefficient (Wildman–Crippen LogP) is 1.41. The molecule has 0 saturated carbocycles. The number of carboxylic acid groups (broad SMARTS) is 1. The second-order valence-electron chi connectivity index (χ2n) is 5.31. The number of benzene rings is 1. The molecule has 3 N–H and O–H groups in total. The highest BCUT2D eigenvalue weighted by Crippen LogP contribution is 2.23. The molecule has 0 fully saturated rings. The number of aliphatic carboxylic acids is 1. The van der Waals surface area contributed by atoms with E-state index in [1.165, 1.54) is 0 Å². The van der Waals surface area contributed by atoms with Gasteiger partial charge in [-0.05, 0) is 44.0 Å². The standard InChI is InChI=1S/C15H18N2O4/c1-8(15(20)21)9(2)16-14(19)11-3-5-12-10(7-11)4-6-13(18)17-12/h3,5,7-9H,4,6H2,1-2H3,(H,16,19)(H,17,18)(H,20,21). The number of anilines is 1. The molecule has 112 valence electrons. The van der Waals surface area contributed by atoms with Crippen molar-refractivity contribution in [2.24, 2.45) is 5.92 Å². The Kier molecular flexibility index (Phi) is 4.26. The second-order valence-corrected chi connectivity index (χ2v) is 5.31. The Labute approximate surface area is 122 Å². The summed E-state index contributed by atoms with van der Waals surface area (Å²) in [5.74, 6) is -1.94. The number of hydrogen-bond donors (Lipinski definition) is 3. The number of aryl methyl sites for hydroxylation is 1. The van der Waals surface area contributed by atoms with Crippen molar-refractivity contribution in [3.63, 3.8) is 0 Å². The summed E-state index contributed by atoms with van der Waals surface area (Å²) in [4.78, 5) is 34.3. The van der Waals surface area contributed by atoms with Crippen LogP contribution in [0, 0.1) is 5.92 Å². The van der Waals surface area contributed by atoms with Crippen molar-refractivity contribution in [3.05, 3.63) is 29.3 Å². The van der Waals surface area contributed by atoms with Crippen molar-refractivity contribution in [2.75, 3.05) is 5.32 Å². The van der Waals surface area contributed by atoms with Crippen molar-refractivity contribution < 1.29 is 19.5 Å². The Balaban J connectivity index is 2.10. The second kappa shape index (κ2) is 5.95.